The van der Waals surface area contributed by atoms with Crippen LogP contribution in [0.1, 0.15) is 16.5 Å². The Hall–Kier alpha value is -1.82. The van der Waals surface area contributed by atoms with E-state index in [0.29, 0.717) is 0 Å². The smallest absolute Gasteiger partial charge is 0.148 e. The summed E-state index contributed by atoms with van der Waals surface area (Å²) in [6.45, 7) is 0. The third-order valence-corrected chi connectivity index (χ3v) is 9.13. The summed E-state index contributed by atoms with van der Waals surface area (Å²) in [5.41, 5.74) is 2.23. The van der Waals surface area contributed by atoms with Gasteiger partial charge in [-0.1, -0.05) is 84.9 Å². The number of fused-ring (bicyclic) bond motifs is 1. The molecule has 1 nitrogen and oxygen atoms in total. The van der Waals surface area contributed by atoms with Crippen molar-refractivity contribution >= 4 is 29.4 Å². The van der Waals surface area contributed by atoms with E-state index < -0.39 is 7.14 Å². The molecule has 0 radical (unpaired) electrons. The summed E-state index contributed by atoms with van der Waals surface area (Å²) in [4.78, 5) is 0. The molecule has 1 aliphatic rings. The van der Waals surface area contributed by atoms with Gasteiger partial charge in [0.15, 0.2) is 0 Å². The first-order valence-corrected chi connectivity index (χ1v) is 10.4. The van der Waals surface area contributed by atoms with E-state index in [9.17, 15) is 4.57 Å². The van der Waals surface area contributed by atoms with Gasteiger partial charge in [-0.2, -0.15) is 0 Å². The molecule has 0 saturated heterocycles. The van der Waals surface area contributed by atoms with Crippen LogP contribution in [0.4, 0.5) is 0 Å². The van der Waals surface area contributed by atoms with Crippen LogP contribution < -0.4 is 10.6 Å². The highest BCUT2D eigenvalue weighted by atomic mass is 35.5. The van der Waals surface area contributed by atoms with Gasteiger partial charge in [-0.25, -0.2) is 0 Å². The summed E-state index contributed by atoms with van der Waals surface area (Å²) in [6, 6.07) is 27.8. The molecule has 0 spiro atoms. The lowest BCUT2D eigenvalue weighted by Gasteiger charge is -2.28. The summed E-state index contributed by atoms with van der Waals surface area (Å²) >= 11 is 6.82. The van der Waals surface area contributed by atoms with E-state index >= 15 is 0 Å². The van der Waals surface area contributed by atoms with E-state index in [0.717, 1.165) is 22.6 Å². The summed E-state index contributed by atoms with van der Waals surface area (Å²) in [6.07, 6.45) is 0.755. The molecule has 0 unspecified atom stereocenters. The average Bonchev–Trinajstić information content (AvgIpc) is 3.00. The zero-order valence-electron chi connectivity index (χ0n) is 13.2. The molecular weight excluding hydrogens is 335 g/mol. The molecule has 0 heterocycles. The van der Waals surface area contributed by atoms with Gasteiger partial charge in [-0.15, -0.1) is 11.6 Å². The minimum absolute atomic E-state index is 0.110. The SMILES string of the molecule is O=P(c1ccccc1)(c1ccccc1)[C@H]1Cc2ccccc2[C@@H]1Cl. The lowest BCUT2D eigenvalue weighted by molar-refractivity contribution is 0.576. The molecule has 0 fully saturated rings. The summed E-state index contributed by atoms with van der Waals surface area (Å²) in [5.74, 6) is 0. The van der Waals surface area contributed by atoms with E-state index in [2.05, 4.69) is 12.1 Å². The van der Waals surface area contributed by atoms with Crippen molar-refractivity contribution in [3.8, 4) is 0 Å². The van der Waals surface area contributed by atoms with E-state index in [-0.39, 0.29) is 11.0 Å². The second-order valence-electron chi connectivity index (χ2n) is 6.20. The highest BCUT2D eigenvalue weighted by Crippen LogP contribution is 2.59. The molecule has 0 saturated carbocycles. The standard InChI is InChI=1S/C21H18ClOP/c22-21-19-14-8-7-9-16(19)15-20(21)24(23,17-10-3-1-4-11-17)18-12-5-2-6-13-18/h1-14,20-21H,15H2/t20-,21-/m0/s1. The second-order valence-corrected chi connectivity index (χ2v) is 9.68. The van der Waals surface area contributed by atoms with Crippen molar-refractivity contribution in [2.75, 3.05) is 0 Å². The molecule has 3 aromatic carbocycles. The van der Waals surface area contributed by atoms with Crippen molar-refractivity contribution in [2.24, 2.45) is 0 Å². The average molecular weight is 353 g/mol. The first-order chi connectivity index (χ1) is 11.7. The number of alkyl halides is 1. The molecule has 4 rings (SSSR count). The second kappa shape index (κ2) is 6.24. The normalized spacial score (nSPS) is 19.9. The molecule has 2 atom stereocenters. The summed E-state index contributed by atoms with van der Waals surface area (Å²) in [7, 11) is -2.84. The fourth-order valence-electron chi connectivity index (χ4n) is 3.67. The van der Waals surface area contributed by atoms with E-state index in [4.69, 9.17) is 11.6 Å². The van der Waals surface area contributed by atoms with E-state index in [1.807, 2.05) is 72.8 Å². The van der Waals surface area contributed by atoms with Crippen LogP contribution in [0.5, 0.6) is 0 Å². The van der Waals surface area contributed by atoms with Crippen molar-refractivity contribution in [1.29, 1.82) is 0 Å². The number of rotatable bonds is 3. The summed E-state index contributed by atoms with van der Waals surface area (Å²) < 4.78 is 14.4. The zero-order chi connectivity index (χ0) is 16.6. The largest absolute Gasteiger partial charge is 0.313 e. The molecule has 3 aromatic rings. The topological polar surface area (TPSA) is 17.1 Å². The third kappa shape index (κ3) is 2.44. The van der Waals surface area contributed by atoms with Crippen molar-refractivity contribution < 1.29 is 4.57 Å². The van der Waals surface area contributed by atoms with Crippen molar-refractivity contribution in [3.05, 3.63) is 96.1 Å². The molecule has 1 aliphatic carbocycles. The van der Waals surface area contributed by atoms with Crippen LogP contribution in [0.3, 0.4) is 0 Å². The number of hydrogen-bond donors (Lipinski definition) is 0. The maximum absolute atomic E-state index is 14.4. The van der Waals surface area contributed by atoms with Crippen LogP contribution in [0, 0.1) is 0 Å². The number of halogens is 1. The molecule has 0 amide bonds. The van der Waals surface area contributed by atoms with Gasteiger partial charge in [0.25, 0.3) is 0 Å². The molecule has 120 valence electrons. The van der Waals surface area contributed by atoms with Crippen molar-refractivity contribution in [2.45, 2.75) is 17.5 Å². The Labute approximate surface area is 147 Å². The highest BCUT2D eigenvalue weighted by molar-refractivity contribution is 7.79. The van der Waals surface area contributed by atoms with Gasteiger partial charge >= 0.3 is 0 Å². The van der Waals surface area contributed by atoms with Gasteiger partial charge in [0, 0.05) is 16.3 Å². The van der Waals surface area contributed by atoms with Gasteiger partial charge in [-0.3, -0.25) is 0 Å². The Balaban J connectivity index is 1.89. The molecule has 0 bridgehead atoms. The van der Waals surface area contributed by atoms with Gasteiger partial charge in [0.1, 0.15) is 7.14 Å². The quantitative estimate of drug-likeness (QED) is 0.483. The molecule has 3 heteroatoms. The Bertz CT molecular complexity index is 848. The third-order valence-electron chi connectivity index (χ3n) is 4.87. The number of benzene rings is 3. The van der Waals surface area contributed by atoms with Crippen LogP contribution in [-0.2, 0) is 11.0 Å². The minimum atomic E-state index is -2.84. The van der Waals surface area contributed by atoms with Crippen LogP contribution in [0.2, 0.25) is 0 Å². The maximum atomic E-state index is 14.4. The van der Waals surface area contributed by atoms with E-state index in [1.54, 1.807) is 0 Å². The lowest BCUT2D eigenvalue weighted by Crippen LogP contribution is -2.27. The van der Waals surface area contributed by atoms with Crippen LogP contribution in [-0.4, -0.2) is 5.66 Å². The van der Waals surface area contributed by atoms with Crippen LogP contribution in [0.25, 0.3) is 0 Å². The maximum Gasteiger partial charge on any atom is 0.148 e. The van der Waals surface area contributed by atoms with Gasteiger partial charge in [0.2, 0.25) is 0 Å². The summed E-state index contributed by atoms with van der Waals surface area (Å²) in [5, 5.41) is 1.55. The molecule has 0 aliphatic heterocycles. The first-order valence-electron chi connectivity index (χ1n) is 8.14. The highest BCUT2D eigenvalue weighted by Gasteiger charge is 2.45. The predicted octanol–water partition coefficient (Wildman–Crippen LogP) is 4.91. The van der Waals surface area contributed by atoms with Gasteiger partial charge in [-0.05, 0) is 17.5 Å². The molecule has 0 N–H and O–H groups in total. The van der Waals surface area contributed by atoms with E-state index in [1.165, 1.54) is 5.56 Å². The van der Waals surface area contributed by atoms with Crippen LogP contribution in [0.15, 0.2) is 84.9 Å². The Morgan fingerprint density at radius 1 is 0.750 bits per heavy atom. The Kier molecular flexibility index (Phi) is 4.08. The molecule has 0 aromatic heterocycles. The number of hydrogen-bond acceptors (Lipinski definition) is 1. The predicted molar refractivity (Wildman–Crippen MR) is 102 cm³/mol. The Morgan fingerprint density at radius 3 is 1.79 bits per heavy atom. The lowest BCUT2D eigenvalue weighted by atomic mass is 10.1. The van der Waals surface area contributed by atoms with Crippen molar-refractivity contribution in [1.82, 2.24) is 0 Å². The molecule has 24 heavy (non-hydrogen) atoms. The monoisotopic (exact) mass is 352 g/mol. The minimum Gasteiger partial charge on any atom is -0.313 e. The molecular formula is C21H18ClOP. The Morgan fingerprint density at radius 2 is 1.25 bits per heavy atom. The fourth-order valence-corrected chi connectivity index (χ4v) is 7.72. The van der Waals surface area contributed by atoms with Crippen molar-refractivity contribution in [3.63, 3.8) is 0 Å². The fraction of sp³-hybridized carbons (Fsp3) is 0.143. The first kappa shape index (κ1) is 15.7. The van der Waals surface area contributed by atoms with Gasteiger partial charge < -0.3 is 4.57 Å². The zero-order valence-corrected chi connectivity index (χ0v) is 14.8. The van der Waals surface area contributed by atoms with Crippen LogP contribution >= 0.6 is 18.7 Å². The van der Waals surface area contributed by atoms with Gasteiger partial charge in [0.05, 0.1) is 5.38 Å².